The van der Waals surface area contributed by atoms with Crippen LogP contribution in [0.3, 0.4) is 0 Å². The van der Waals surface area contributed by atoms with Crippen LogP contribution >= 0.6 is 0 Å². The minimum Gasteiger partial charge on any atom is -0.487 e. The third-order valence-corrected chi connectivity index (χ3v) is 7.46. The number of methoxy groups -OCH3 is 1. The Labute approximate surface area is 197 Å². The first kappa shape index (κ1) is 26.9. The number of aliphatic hydroxyl groups is 1. The SMILES string of the molecule is CCCNC(=O)N(C)C[C@@H]1Oc2cc(C#CCOC)ccc2S(=O)(=O)N([C@H](C)CO)C[C@H]1C. The fourth-order valence-corrected chi connectivity index (χ4v) is 5.28. The third kappa shape index (κ3) is 6.84. The van der Waals surface area contributed by atoms with Gasteiger partial charge in [-0.3, -0.25) is 0 Å². The molecule has 3 atom stereocenters. The quantitative estimate of drug-likeness (QED) is 0.572. The molecule has 1 aromatic rings. The first-order valence-electron chi connectivity index (χ1n) is 11.1. The summed E-state index contributed by atoms with van der Waals surface area (Å²) in [5.41, 5.74) is 0.587. The summed E-state index contributed by atoms with van der Waals surface area (Å²) in [6, 6.07) is 3.86. The summed E-state index contributed by atoms with van der Waals surface area (Å²) in [6.07, 6.45) is 0.342. The molecule has 9 nitrogen and oxygen atoms in total. The maximum absolute atomic E-state index is 13.5. The van der Waals surface area contributed by atoms with Crippen LogP contribution in [0.25, 0.3) is 0 Å². The average Bonchev–Trinajstić information content (AvgIpc) is 2.79. The van der Waals surface area contributed by atoms with Gasteiger partial charge in [-0.25, -0.2) is 13.2 Å². The molecule has 2 amide bonds. The molecule has 0 bridgehead atoms. The van der Waals surface area contributed by atoms with Gasteiger partial charge in [0.1, 0.15) is 23.4 Å². The Kier molecular flexibility index (Phi) is 9.98. The van der Waals surface area contributed by atoms with Crippen LogP contribution in [0, 0.1) is 17.8 Å². The second kappa shape index (κ2) is 12.2. The van der Waals surface area contributed by atoms with Gasteiger partial charge < -0.3 is 24.8 Å². The highest BCUT2D eigenvalue weighted by atomic mass is 32.2. The number of fused-ring (bicyclic) bond motifs is 1. The topological polar surface area (TPSA) is 108 Å². The fourth-order valence-electron chi connectivity index (χ4n) is 3.45. The smallest absolute Gasteiger partial charge is 0.317 e. The molecule has 1 aliphatic heterocycles. The number of carbonyl (C=O) groups excluding carboxylic acids is 1. The normalized spacial score (nSPS) is 20.8. The Morgan fingerprint density at radius 3 is 2.82 bits per heavy atom. The number of nitrogens with one attached hydrogen (secondary N) is 1. The molecule has 0 unspecified atom stereocenters. The van der Waals surface area contributed by atoms with Gasteiger partial charge in [0, 0.05) is 44.8 Å². The number of sulfonamides is 1. The second-order valence-electron chi connectivity index (χ2n) is 8.25. The highest BCUT2D eigenvalue weighted by molar-refractivity contribution is 7.89. The molecule has 1 heterocycles. The van der Waals surface area contributed by atoms with Crippen molar-refractivity contribution in [2.24, 2.45) is 5.92 Å². The van der Waals surface area contributed by atoms with Gasteiger partial charge in [0.25, 0.3) is 0 Å². The zero-order valence-corrected chi connectivity index (χ0v) is 20.8. The Balaban J connectivity index is 2.48. The van der Waals surface area contributed by atoms with Crippen molar-refractivity contribution in [3.8, 4) is 17.6 Å². The van der Waals surface area contributed by atoms with E-state index in [1.807, 2.05) is 13.8 Å². The van der Waals surface area contributed by atoms with Crippen LogP contribution in [0.5, 0.6) is 5.75 Å². The van der Waals surface area contributed by atoms with Crippen LogP contribution in [-0.2, 0) is 14.8 Å². The monoisotopic (exact) mass is 481 g/mol. The van der Waals surface area contributed by atoms with Crippen molar-refractivity contribution in [3.63, 3.8) is 0 Å². The van der Waals surface area contributed by atoms with E-state index in [1.54, 1.807) is 33.2 Å². The maximum Gasteiger partial charge on any atom is 0.317 e. The van der Waals surface area contributed by atoms with Crippen molar-refractivity contribution in [1.82, 2.24) is 14.5 Å². The summed E-state index contributed by atoms with van der Waals surface area (Å²) in [7, 11) is -0.705. The third-order valence-electron chi connectivity index (χ3n) is 5.44. The van der Waals surface area contributed by atoms with Gasteiger partial charge in [0.2, 0.25) is 10.0 Å². The van der Waals surface area contributed by atoms with Gasteiger partial charge in [-0.15, -0.1) is 0 Å². The zero-order chi connectivity index (χ0) is 24.6. The number of likely N-dealkylation sites (N-methyl/N-ethyl adjacent to an activating group) is 1. The fraction of sp³-hybridized carbons (Fsp3) is 0.609. The lowest BCUT2D eigenvalue weighted by Crippen LogP contribution is -2.51. The average molecular weight is 482 g/mol. The van der Waals surface area contributed by atoms with E-state index in [-0.39, 0.29) is 48.9 Å². The molecule has 0 radical (unpaired) electrons. The number of aliphatic hydroxyl groups excluding tert-OH is 1. The van der Waals surface area contributed by atoms with E-state index in [9.17, 15) is 18.3 Å². The molecule has 0 saturated carbocycles. The van der Waals surface area contributed by atoms with Gasteiger partial charge in [0.05, 0.1) is 13.2 Å². The molecule has 10 heteroatoms. The summed E-state index contributed by atoms with van der Waals surface area (Å²) in [4.78, 5) is 13.9. The van der Waals surface area contributed by atoms with Crippen LogP contribution in [0.1, 0.15) is 32.8 Å². The molecule has 2 N–H and O–H groups in total. The minimum absolute atomic E-state index is 0.00933. The zero-order valence-electron chi connectivity index (χ0n) is 20.0. The van der Waals surface area contributed by atoms with E-state index in [4.69, 9.17) is 9.47 Å². The molecule has 33 heavy (non-hydrogen) atoms. The first-order valence-corrected chi connectivity index (χ1v) is 12.5. The number of amides is 2. The van der Waals surface area contributed by atoms with E-state index in [0.717, 1.165) is 6.42 Å². The molecule has 0 aliphatic carbocycles. The number of hydrogen-bond donors (Lipinski definition) is 2. The molecule has 2 rings (SSSR count). The molecule has 0 saturated heterocycles. The van der Waals surface area contributed by atoms with E-state index in [1.165, 1.54) is 15.3 Å². The van der Waals surface area contributed by atoms with Crippen molar-refractivity contribution < 1.29 is 27.8 Å². The standard InChI is InChI=1S/C23H35N3O6S/c1-6-11-24-23(28)25(4)15-21-17(2)14-26(18(3)16-27)33(29,30)22-10-9-19(8-7-12-31-5)13-20(22)32-21/h9-10,13,17-18,21,27H,6,11-12,14-16H2,1-5H3,(H,24,28)/t17-,18-,21+/m1/s1. The number of benzene rings is 1. The number of urea groups is 1. The molecule has 1 aromatic carbocycles. The van der Waals surface area contributed by atoms with Gasteiger partial charge in [-0.1, -0.05) is 25.7 Å². The van der Waals surface area contributed by atoms with Crippen molar-refractivity contribution in [1.29, 1.82) is 0 Å². The summed E-state index contributed by atoms with van der Waals surface area (Å²) in [5.74, 6) is 5.70. The molecule has 0 aromatic heterocycles. The first-order chi connectivity index (χ1) is 15.6. The predicted molar refractivity (Wildman–Crippen MR) is 126 cm³/mol. The lowest BCUT2D eigenvalue weighted by Gasteiger charge is -2.37. The lowest BCUT2D eigenvalue weighted by molar-refractivity contribution is 0.0812. The van der Waals surface area contributed by atoms with Crippen molar-refractivity contribution in [2.45, 2.75) is 44.2 Å². The highest BCUT2D eigenvalue weighted by Gasteiger charge is 2.38. The van der Waals surface area contributed by atoms with Crippen LogP contribution < -0.4 is 10.1 Å². The maximum atomic E-state index is 13.5. The molecule has 0 spiro atoms. The number of ether oxygens (including phenoxy) is 2. The molecular weight excluding hydrogens is 446 g/mol. The molecule has 184 valence electrons. The Morgan fingerprint density at radius 1 is 1.45 bits per heavy atom. The second-order valence-corrected chi connectivity index (χ2v) is 10.1. The number of rotatable bonds is 7. The lowest BCUT2D eigenvalue weighted by atomic mass is 10.0. The van der Waals surface area contributed by atoms with Gasteiger partial charge >= 0.3 is 6.03 Å². The van der Waals surface area contributed by atoms with Crippen LogP contribution in [0.2, 0.25) is 0 Å². The van der Waals surface area contributed by atoms with Crippen molar-refractivity contribution in [3.05, 3.63) is 23.8 Å². The van der Waals surface area contributed by atoms with E-state index < -0.39 is 22.2 Å². The Morgan fingerprint density at radius 2 is 2.18 bits per heavy atom. The molecule has 0 fully saturated rings. The summed E-state index contributed by atoms with van der Waals surface area (Å²) in [5, 5.41) is 12.6. The van der Waals surface area contributed by atoms with E-state index >= 15 is 0 Å². The van der Waals surface area contributed by atoms with Gasteiger partial charge in [-0.2, -0.15) is 4.31 Å². The number of carbonyl (C=O) groups is 1. The van der Waals surface area contributed by atoms with Crippen LogP contribution in [0.4, 0.5) is 4.79 Å². The number of hydrogen-bond acceptors (Lipinski definition) is 6. The van der Waals surface area contributed by atoms with Crippen molar-refractivity contribution >= 4 is 16.1 Å². The highest BCUT2D eigenvalue weighted by Crippen LogP contribution is 2.34. The van der Waals surface area contributed by atoms with Crippen molar-refractivity contribution in [2.75, 3.05) is 47.0 Å². The van der Waals surface area contributed by atoms with E-state index in [2.05, 4.69) is 17.2 Å². The molecular formula is C23H35N3O6S. The summed E-state index contributed by atoms with van der Waals surface area (Å²) < 4.78 is 39.4. The van der Waals surface area contributed by atoms with Crippen LogP contribution in [0.15, 0.2) is 23.1 Å². The van der Waals surface area contributed by atoms with Gasteiger partial charge in [0.15, 0.2) is 0 Å². The minimum atomic E-state index is -3.93. The van der Waals surface area contributed by atoms with Gasteiger partial charge in [-0.05, 0) is 31.5 Å². The molecule has 1 aliphatic rings. The summed E-state index contributed by atoms with van der Waals surface area (Å²) in [6.45, 7) is 6.42. The predicted octanol–water partition coefficient (Wildman–Crippen LogP) is 1.50. The van der Waals surface area contributed by atoms with E-state index in [0.29, 0.717) is 12.1 Å². The Hall–Kier alpha value is -2.32. The summed E-state index contributed by atoms with van der Waals surface area (Å²) >= 11 is 0. The van der Waals surface area contributed by atoms with Crippen LogP contribution in [-0.4, -0.2) is 87.9 Å². The largest absolute Gasteiger partial charge is 0.487 e. The number of nitrogens with zero attached hydrogens (tertiary/aromatic N) is 2. The Bertz CT molecular complexity index is 972.